The Morgan fingerprint density at radius 1 is 1.31 bits per heavy atom. The van der Waals surface area contributed by atoms with Crippen molar-refractivity contribution in [2.24, 2.45) is 23.5 Å². The molecule has 0 aromatic heterocycles. The Morgan fingerprint density at radius 2 is 1.94 bits per heavy atom. The molecule has 1 saturated carbocycles. The zero-order valence-corrected chi connectivity index (χ0v) is 11.7. The minimum Gasteiger partial charge on any atom is -0.327 e. The number of rotatable bonds is 4. The van der Waals surface area contributed by atoms with E-state index in [0.29, 0.717) is 18.0 Å². The van der Waals surface area contributed by atoms with E-state index in [1.165, 1.54) is 25.8 Å². The molecule has 0 saturated heterocycles. The first-order valence-electron chi connectivity index (χ1n) is 6.91. The Hall–Kier alpha value is -0.0800. The highest BCUT2D eigenvalue weighted by Crippen LogP contribution is 2.33. The standard InChI is InChI=1S/C14H30N2/c1-6-12(4)16(5)9-13-11(3)7-10(2)8-14(13)15/h10-14H,6-9,15H2,1-5H3. The zero-order chi connectivity index (χ0) is 12.3. The van der Waals surface area contributed by atoms with Gasteiger partial charge in [0.25, 0.3) is 0 Å². The lowest BCUT2D eigenvalue weighted by Crippen LogP contribution is -2.47. The molecular weight excluding hydrogens is 196 g/mol. The number of nitrogens with zero attached hydrogens (tertiary/aromatic N) is 1. The molecule has 0 heterocycles. The molecule has 96 valence electrons. The highest BCUT2D eigenvalue weighted by Gasteiger charge is 2.32. The fourth-order valence-corrected chi connectivity index (χ4v) is 3.11. The Labute approximate surface area is 102 Å². The second-order valence-electron chi connectivity index (χ2n) is 6.08. The van der Waals surface area contributed by atoms with Gasteiger partial charge in [-0.15, -0.1) is 0 Å². The summed E-state index contributed by atoms with van der Waals surface area (Å²) in [5, 5.41) is 0. The van der Waals surface area contributed by atoms with Crippen LogP contribution in [0.3, 0.4) is 0 Å². The van der Waals surface area contributed by atoms with E-state index in [1.54, 1.807) is 0 Å². The van der Waals surface area contributed by atoms with Crippen LogP contribution in [0.5, 0.6) is 0 Å². The van der Waals surface area contributed by atoms with Crippen molar-refractivity contribution < 1.29 is 0 Å². The van der Waals surface area contributed by atoms with Gasteiger partial charge in [0, 0.05) is 18.6 Å². The van der Waals surface area contributed by atoms with Gasteiger partial charge in [-0.25, -0.2) is 0 Å². The van der Waals surface area contributed by atoms with Gasteiger partial charge in [-0.2, -0.15) is 0 Å². The van der Waals surface area contributed by atoms with Crippen LogP contribution in [0.25, 0.3) is 0 Å². The topological polar surface area (TPSA) is 29.3 Å². The molecule has 16 heavy (non-hydrogen) atoms. The average molecular weight is 226 g/mol. The van der Waals surface area contributed by atoms with Crippen LogP contribution in [0.2, 0.25) is 0 Å². The van der Waals surface area contributed by atoms with Crippen LogP contribution in [0, 0.1) is 17.8 Å². The Kier molecular flexibility index (Phi) is 5.26. The number of nitrogens with two attached hydrogens (primary N) is 1. The summed E-state index contributed by atoms with van der Waals surface area (Å²) in [5.41, 5.74) is 6.32. The average Bonchev–Trinajstić information content (AvgIpc) is 2.21. The molecule has 0 amide bonds. The molecule has 5 unspecified atom stereocenters. The van der Waals surface area contributed by atoms with Crippen LogP contribution < -0.4 is 5.73 Å². The van der Waals surface area contributed by atoms with Crippen molar-refractivity contribution in [3.63, 3.8) is 0 Å². The molecule has 0 spiro atoms. The maximum atomic E-state index is 6.32. The lowest BCUT2D eigenvalue weighted by Gasteiger charge is -2.40. The van der Waals surface area contributed by atoms with Gasteiger partial charge in [0.2, 0.25) is 0 Å². The maximum Gasteiger partial charge on any atom is 0.00844 e. The molecule has 2 N–H and O–H groups in total. The van der Waals surface area contributed by atoms with Crippen molar-refractivity contribution in [1.29, 1.82) is 0 Å². The summed E-state index contributed by atoms with van der Waals surface area (Å²) >= 11 is 0. The summed E-state index contributed by atoms with van der Waals surface area (Å²) in [6.07, 6.45) is 3.79. The van der Waals surface area contributed by atoms with Gasteiger partial charge in [0.1, 0.15) is 0 Å². The SMILES string of the molecule is CCC(C)N(C)CC1C(C)CC(C)CC1N. The van der Waals surface area contributed by atoms with E-state index in [0.717, 1.165) is 11.8 Å². The van der Waals surface area contributed by atoms with E-state index in [-0.39, 0.29) is 0 Å². The molecule has 0 aromatic rings. The lowest BCUT2D eigenvalue weighted by molar-refractivity contribution is 0.112. The van der Waals surface area contributed by atoms with Crippen molar-refractivity contribution in [2.75, 3.05) is 13.6 Å². The van der Waals surface area contributed by atoms with E-state index in [4.69, 9.17) is 5.73 Å². The first-order chi connectivity index (χ1) is 7.45. The fraction of sp³-hybridized carbons (Fsp3) is 1.00. The van der Waals surface area contributed by atoms with Crippen LogP contribution in [-0.4, -0.2) is 30.6 Å². The zero-order valence-electron chi connectivity index (χ0n) is 11.7. The van der Waals surface area contributed by atoms with E-state index in [2.05, 4.69) is 39.6 Å². The van der Waals surface area contributed by atoms with Crippen LogP contribution >= 0.6 is 0 Å². The Balaban J connectivity index is 2.52. The molecule has 1 fully saturated rings. The van der Waals surface area contributed by atoms with Gasteiger partial charge in [0.05, 0.1) is 0 Å². The highest BCUT2D eigenvalue weighted by atomic mass is 15.1. The van der Waals surface area contributed by atoms with Crippen LogP contribution in [-0.2, 0) is 0 Å². The fourth-order valence-electron chi connectivity index (χ4n) is 3.11. The Bertz CT molecular complexity index is 193. The van der Waals surface area contributed by atoms with E-state index in [9.17, 15) is 0 Å². The molecule has 5 atom stereocenters. The smallest absolute Gasteiger partial charge is 0.00844 e. The lowest BCUT2D eigenvalue weighted by atomic mass is 9.72. The van der Waals surface area contributed by atoms with Crippen molar-refractivity contribution in [2.45, 2.75) is 59.0 Å². The molecule has 2 nitrogen and oxygen atoms in total. The largest absolute Gasteiger partial charge is 0.327 e. The summed E-state index contributed by atoms with van der Waals surface area (Å²) in [6, 6.07) is 1.09. The molecule has 0 aromatic carbocycles. The first-order valence-corrected chi connectivity index (χ1v) is 6.91. The van der Waals surface area contributed by atoms with Crippen LogP contribution in [0.15, 0.2) is 0 Å². The summed E-state index contributed by atoms with van der Waals surface area (Å²) in [6.45, 7) is 10.5. The monoisotopic (exact) mass is 226 g/mol. The predicted octanol–water partition coefficient (Wildman–Crippen LogP) is 2.73. The molecule has 2 heteroatoms. The third-order valence-electron chi connectivity index (χ3n) is 4.57. The van der Waals surface area contributed by atoms with Gasteiger partial charge in [-0.1, -0.05) is 20.8 Å². The second kappa shape index (κ2) is 6.02. The number of hydrogen-bond donors (Lipinski definition) is 1. The molecule has 1 aliphatic carbocycles. The quantitative estimate of drug-likeness (QED) is 0.798. The summed E-state index contributed by atoms with van der Waals surface area (Å²) in [4.78, 5) is 2.48. The van der Waals surface area contributed by atoms with E-state index >= 15 is 0 Å². The number of hydrogen-bond acceptors (Lipinski definition) is 2. The molecule has 0 aliphatic heterocycles. The minimum absolute atomic E-state index is 0.408. The minimum atomic E-state index is 0.408. The van der Waals surface area contributed by atoms with Gasteiger partial charge in [0.15, 0.2) is 0 Å². The highest BCUT2D eigenvalue weighted by molar-refractivity contribution is 4.87. The van der Waals surface area contributed by atoms with Crippen molar-refractivity contribution in [1.82, 2.24) is 4.90 Å². The summed E-state index contributed by atoms with van der Waals surface area (Å²) in [5.74, 6) is 2.29. The second-order valence-corrected chi connectivity index (χ2v) is 6.08. The molecule has 1 rings (SSSR count). The first kappa shape index (κ1) is 14.0. The van der Waals surface area contributed by atoms with E-state index < -0.39 is 0 Å². The normalized spacial score (nSPS) is 37.7. The van der Waals surface area contributed by atoms with Crippen LogP contribution in [0.1, 0.15) is 47.0 Å². The van der Waals surface area contributed by atoms with Gasteiger partial charge >= 0.3 is 0 Å². The molecule has 0 bridgehead atoms. The maximum absolute atomic E-state index is 6.32. The van der Waals surface area contributed by atoms with Crippen LogP contribution in [0.4, 0.5) is 0 Å². The summed E-state index contributed by atoms with van der Waals surface area (Å²) in [7, 11) is 2.24. The van der Waals surface area contributed by atoms with Crippen molar-refractivity contribution >= 4 is 0 Å². The van der Waals surface area contributed by atoms with Gasteiger partial charge in [-0.05, 0) is 51.0 Å². The molecule has 0 radical (unpaired) electrons. The molecular formula is C14H30N2. The summed E-state index contributed by atoms with van der Waals surface area (Å²) < 4.78 is 0. The third-order valence-corrected chi connectivity index (χ3v) is 4.57. The third kappa shape index (κ3) is 3.46. The van der Waals surface area contributed by atoms with E-state index in [1.807, 2.05) is 0 Å². The molecule has 1 aliphatic rings. The predicted molar refractivity (Wildman–Crippen MR) is 71.4 cm³/mol. The van der Waals surface area contributed by atoms with Gasteiger partial charge < -0.3 is 10.6 Å². The van der Waals surface area contributed by atoms with Gasteiger partial charge in [-0.3, -0.25) is 0 Å². The van der Waals surface area contributed by atoms with Crippen molar-refractivity contribution in [3.05, 3.63) is 0 Å². The Morgan fingerprint density at radius 3 is 2.44 bits per heavy atom. The van der Waals surface area contributed by atoms with Crippen molar-refractivity contribution in [3.8, 4) is 0 Å².